The SMILES string of the molecule is Cc1ccnc(C2(N)CC2(C)C)c1. The highest BCUT2D eigenvalue weighted by atomic mass is 15.0. The number of hydrogen-bond donors (Lipinski definition) is 1. The van der Waals surface area contributed by atoms with E-state index in [-0.39, 0.29) is 11.0 Å². The van der Waals surface area contributed by atoms with E-state index in [1.807, 2.05) is 12.3 Å². The van der Waals surface area contributed by atoms with E-state index in [0.29, 0.717) is 0 Å². The molecule has 1 aromatic rings. The van der Waals surface area contributed by atoms with Crippen LogP contribution in [-0.2, 0) is 5.54 Å². The topological polar surface area (TPSA) is 38.9 Å². The van der Waals surface area contributed by atoms with Crippen molar-refractivity contribution >= 4 is 0 Å². The van der Waals surface area contributed by atoms with E-state index in [0.717, 1.165) is 12.1 Å². The Kier molecular flexibility index (Phi) is 1.55. The molecule has 1 aromatic heterocycles. The normalized spacial score (nSPS) is 30.2. The number of hydrogen-bond acceptors (Lipinski definition) is 2. The molecular formula is C11H16N2. The monoisotopic (exact) mass is 176 g/mol. The van der Waals surface area contributed by atoms with Gasteiger partial charge in [0, 0.05) is 6.20 Å². The molecule has 1 unspecified atom stereocenters. The van der Waals surface area contributed by atoms with Crippen molar-refractivity contribution in [2.45, 2.75) is 32.7 Å². The fourth-order valence-corrected chi connectivity index (χ4v) is 1.87. The summed E-state index contributed by atoms with van der Waals surface area (Å²) in [5.41, 5.74) is 8.56. The average Bonchev–Trinajstić information content (AvgIpc) is 2.53. The summed E-state index contributed by atoms with van der Waals surface area (Å²) >= 11 is 0. The lowest BCUT2D eigenvalue weighted by Gasteiger charge is -2.14. The summed E-state index contributed by atoms with van der Waals surface area (Å²) in [6, 6.07) is 4.09. The number of nitrogens with zero attached hydrogens (tertiary/aromatic N) is 1. The van der Waals surface area contributed by atoms with Gasteiger partial charge in [-0.1, -0.05) is 13.8 Å². The van der Waals surface area contributed by atoms with Crippen LogP contribution in [0.5, 0.6) is 0 Å². The Morgan fingerprint density at radius 1 is 1.46 bits per heavy atom. The number of pyridine rings is 1. The summed E-state index contributed by atoms with van der Waals surface area (Å²) in [5, 5.41) is 0. The Morgan fingerprint density at radius 3 is 2.54 bits per heavy atom. The van der Waals surface area contributed by atoms with Gasteiger partial charge in [0.1, 0.15) is 0 Å². The first-order valence-electron chi connectivity index (χ1n) is 4.68. The number of rotatable bonds is 1. The van der Waals surface area contributed by atoms with Crippen LogP contribution in [0.3, 0.4) is 0 Å². The maximum atomic E-state index is 6.25. The second kappa shape index (κ2) is 2.32. The third-order valence-electron chi connectivity index (χ3n) is 3.18. The summed E-state index contributed by atoms with van der Waals surface area (Å²) in [6.07, 6.45) is 2.88. The number of aryl methyl sites for hydroxylation is 1. The van der Waals surface area contributed by atoms with Gasteiger partial charge in [-0.15, -0.1) is 0 Å². The molecule has 0 aromatic carbocycles. The standard InChI is InChI=1S/C11H16N2/c1-8-4-5-13-9(6-8)11(12)7-10(11,2)3/h4-6H,7,12H2,1-3H3. The largest absolute Gasteiger partial charge is 0.320 e. The lowest BCUT2D eigenvalue weighted by molar-refractivity contribution is 0.499. The van der Waals surface area contributed by atoms with Gasteiger partial charge in [0.15, 0.2) is 0 Å². The molecule has 0 amide bonds. The van der Waals surface area contributed by atoms with Crippen molar-refractivity contribution in [2.24, 2.45) is 11.1 Å². The van der Waals surface area contributed by atoms with E-state index in [1.54, 1.807) is 0 Å². The van der Waals surface area contributed by atoms with Gasteiger partial charge in [-0.2, -0.15) is 0 Å². The molecule has 2 rings (SSSR count). The summed E-state index contributed by atoms with van der Waals surface area (Å²) in [6.45, 7) is 6.46. The van der Waals surface area contributed by atoms with Crippen LogP contribution in [0, 0.1) is 12.3 Å². The van der Waals surface area contributed by atoms with Crippen molar-refractivity contribution in [3.05, 3.63) is 29.6 Å². The molecule has 0 radical (unpaired) electrons. The van der Waals surface area contributed by atoms with E-state index in [1.165, 1.54) is 5.56 Å². The second-order valence-corrected chi connectivity index (χ2v) is 4.75. The van der Waals surface area contributed by atoms with Crippen molar-refractivity contribution in [3.8, 4) is 0 Å². The van der Waals surface area contributed by atoms with E-state index < -0.39 is 0 Å². The molecule has 13 heavy (non-hydrogen) atoms. The molecule has 0 bridgehead atoms. The Bertz CT molecular complexity index is 344. The lowest BCUT2D eigenvalue weighted by atomic mass is 10.0. The van der Waals surface area contributed by atoms with Gasteiger partial charge in [0.05, 0.1) is 11.2 Å². The van der Waals surface area contributed by atoms with Crippen LogP contribution in [0.4, 0.5) is 0 Å². The lowest BCUT2D eigenvalue weighted by Crippen LogP contribution is -2.26. The van der Waals surface area contributed by atoms with Crippen LogP contribution in [0.25, 0.3) is 0 Å². The molecule has 2 N–H and O–H groups in total. The van der Waals surface area contributed by atoms with E-state index in [9.17, 15) is 0 Å². The van der Waals surface area contributed by atoms with Gasteiger partial charge in [-0.05, 0) is 36.5 Å². The van der Waals surface area contributed by atoms with Gasteiger partial charge in [-0.25, -0.2) is 0 Å². The molecule has 1 fully saturated rings. The highest BCUT2D eigenvalue weighted by molar-refractivity contribution is 5.31. The zero-order valence-corrected chi connectivity index (χ0v) is 8.46. The molecule has 2 heteroatoms. The van der Waals surface area contributed by atoms with E-state index in [4.69, 9.17) is 5.73 Å². The van der Waals surface area contributed by atoms with Crippen LogP contribution in [0.2, 0.25) is 0 Å². The molecule has 1 atom stereocenters. The van der Waals surface area contributed by atoms with Crippen LogP contribution in [-0.4, -0.2) is 4.98 Å². The Morgan fingerprint density at radius 2 is 2.08 bits per heavy atom. The molecule has 1 heterocycles. The highest BCUT2D eigenvalue weighted by Crippen LogP contribution is 2.59. The van der Waals surface area contributed by atoms with Crippen molar-refractivity contribution in [1.29, 1.82) is 0 Å². The summed E-state index contributed by atoms with van der Waals surface area (Å²) in [5.74, 6) is 0. The molecule has 70 valence electrons. The molecule has 1 aliphatic carbocycles. The molecule has 1 aliphatic rings. The second-order valence-electron chi connectivity index (χ2n) is 4.75. The molecular weight excluding hydrogens is 160 g/mol. The van der Waals surface area contributed by atoms with Crippen LogP contribution >= 0.6 is 0 Å². The van der Waals surface area contributed by atoms with Gasteiger partial charge in [0.2, 0.25) is 0 Å². The third-order valence-corrected chi connectivity index (χ3v) is 3.18. The number of aromatic nitrogens is 1. The molecule has 0 spiro atoms. The van der Waals surface area contributed by atoms with Crippen LogP contribution in [0.1, 0.15) is 31.5 Å². The number of nitrogens with two attached hydrogens (primary N) is 1. The first-order chi connectivity index (χ1) is 5.96. The van der Waals surface area contributed by atoms with Crippen molar-refractivity contribution in [3.63, 3.8) is 0 Å². The fraction of sp³-hybridized carbons (Fsp3) is 0.545. The Labute approximate surface area is 79.2 Å². The Balaban J connectivity index is 2.38. The zero-order valence-electron chi connectivity index (χ0n) is 8.46. The highest BCUT2D eigenvalue weighted by Gasteiger charge is 2.60. The predicted molar refractivity (Wildman–Crippen MR) is 53.2 cm³/mol. The van der Waals surface area contributed by atoms with Gasteiger partial charge in [-0.3, -0.25) is 4.98 Å². The minimum atomic E-state index is -0.182. The first kappa shape index (κ1) is 8.70. The van der Waals surface area contributed by atoms with Gasteiger partial charge >= 0.3 is 0 Å². The maximum Gasteiger partial charge on any atom is 0.0642 e. The zero-order chi connectivity index (χ0) is 9.69. The Hall–Kier alpha value is -0.890. The minimum absolute atomic E-state index is 0.182. The predicted octanol–water partition coefficient (Wildman–Crippen LogP) is 1.97. The summed E-state index contributed by atoms with van der Waals surface area (Å²) in [4.78, 5) is 4.34. The van der Waals surface area contributed by atoms with Gasteiger partial charge in [0.25, 0.3) is 0 Å². The third kappa shape index (κ3) is 1.17. The average molecular weight is 176 g/mol. The van der Waals surface area contributed by atoms with E-state index >= 15 is 0 Å². The molecule has 0 aliphatic heterocycles. The van der Waals surface area contributed by atoms with Crippen molar-refractivity contribution in [2.75, 3.05) is 0 Å². The smallest absolute Gasteiger partial charge is 0.0642 e. The van der Waals surface area contributed by atoms with Crippen molar-refractivity contribution in [1.82, 2.24) is 4.98 Å². The minimum Gasteiger partial charge on any atom is -0.320 e. The fourth-order valence-electron chi connectivity index (χ4n) is 1.87. The van der Waals surface area contributed by atoms with Crippen LogP contribution < -0.4 is 5.73 Å². The molecule has 0 saturated heterocycles. The van der Waals surface area contributed by atoms with Crippen LogP contribution in [0.15, 0.2) is 18.3 Å². The van der Waals surface area contributed by atoms with Crippen molar-refractivity contribution < 1.29 is 0 Å². The molecule has 2 nitrogen and oxygen atoms in total. The first-order valence-corrected chi connectivity index (χ1v) is 4.68. The quantitative estimate of drug-likeness (QED) is 0.710. The maximum absolute atomic E-state index is 6.25. The summed E-state index contributed by atoms with van der Waals surface area (Å²) < 4.78 is 0. The van der Waals surface area contributed by atoms with Gasteiger partial charge < -0.3 is 5.73 Å². The molecule has 1 saturated carbocycles. The summed E-state index contributed by atoms with van der Waals surface area (Å²) in [7, 11) is 0. The van der Waals surface area contributed by atoms with E-state index in [2.05, 4.69) is 31.8 Å².